The fourth-order valence-electron chi connectivity index (χ4n) is 1.38. The van der Waals surface area contributed by atoms with E-state index in [1.165, 1.54) is 0 Å². The normalized spacial score (nSPS) is 10.2. The van der Waals surface area contributed by atoms with E-state index in [0.717, 1.165) is 11.1 Å². The fourth-order valence-corrected chi connectivity index (χ4v) is 1.38. The summed E-state index contributed by atoms with van der Waals surface area (Å²) in [7, 11) is 0. The van der Waals surface area contributed by atoms with Gasteiger partial charge in [0.25, 0.3) is 0 Å². The van der Waals surface area contributed by atoms with Crippen LogP contribution in [0.3, 0.4) is 0 Å². The molecule has 0 N–H and O–H groups in total. The van der Waals surface area contributed by atoms with Gasteiger partial charge in [-0.2, -0.15) is 0 Å². The zero-order chi connectivity index (χ0) is 14.4. The molecule has 0 saturated heterocycles. The summed E-state index contributed by atoms with van der Waals surface area (Å²) in [5, 5.41) is 4.07. The van der Waals surface area contributed by atoms with Gasteiger partial charge in [-0.1, -0.05) is 17.7 Å². The first kappa shape index (κ1) is 15.0. The highest BCUT2D eigenvalue weighted by Crippen LogP contribution is 2.12. The molecule has 0 aliphatic carbocycles. The molecule has 0 saturated carbocycles. The lowest BCUT2D eigenvalue weighted by atomic mass is 10.1. The molecule has 104 valence electrons. The van der Waals surface area contributed by atoms with Gasteiger partial charge >= 0.3 is 12.1 Å². The summed E-state index contributed by atoms with van der Waals surface area (Å²) < 4.78 is 4.60. The van der Waals surface area contributed by atoms with Gasteiger partial charge in [0.1, 0.15) is 0 Å². The molecule has 0 atom stereocenters. The zero-order valence-corrected chi connectivity index (χ0v) is 11.3. The van der Waals surface area contributed by atoms with Crippen LogP contribution < -0.4 is 0 Å². The van der Waals surface area contributed by atoms with Gasteiger partial charge in [-0.05, 0) is 39.3 Å². The van der Waals surface area contributed by atoms with Gasteiger partial charge in [-0.25, -0.2) is 14.5 Å². The van der Waals surface area contributed by atoms with Gasteiger partial charge in [0.15, 0.2) is 0 Å². The molecule has 0 bridgehead atoms. The number of rotatable bonds is 4. The zero-order valence-electron chi connectivity index (χ0n) is 11.3. The van der Waals surface area contributed by atoms with Gasteiger partial charge in [0.05, 0.1) is 16.7 Å². The Morgan fingerprint density at radius 3 is 2.37 bits per heavy atom. The third-order valence-electron chi connectivity index (χ3n) is 2.15. The molecule has 1 rings (SSSR count). The Kier molecular flexibility index (Phi) is 5.32. The average molecular weight is 268 g/mol. The van der Waals surface area contributed by atoms with Crippen molar-refractivity contribution in [2.45, 2.75) is 33.8 Å². The lowest BCUT2D eigenvalue weighted by Crippen LogP contribution is -2.15. The van der Waals surface area contributed by atoms with Crippen molar-refractivity contribution in [2.24, 2.45) is 0 Å². The van der Waals surface area contributed by atoms with Crippen molar-refractivity contribution in [3.05, 3.63) is 34.9 Å². The minimum atomic E-state index is -1.08. The molecule has 0 heterocycles. The second-order valence-electron chi connectivity index (χ2n) is 4.26. The van der Waals surface area contributed by atoms with Crippen LogP contribution in [0.2, 0.25) is 0 Å². The van der Waals surface area contributed by atoms with Crippen molar-refractivity contribution in [1.82, 2.24) is 0 Å². The van der Waals surface area contributed by atoms with Crippen LogP contribution >= 0.6 is 0 Å². The van der Waals surface area contributed by atoms with E-state index in [0.29, 0.717) is 5.56 Å². The fraction of sp³-hybridized carbons (Fsp3) is 0.385. The topological polar surface area (TPSA) is 71.1 Å². The van der Waals surface area contributed by atoms with E-state index in [1.54, 1.807) is 32.9 Å². The smallest absolute Gasteiger partial charge is 0.430 e. The molecule has 1 aromatic rings. The summed E-state index contributed by atoms with van der Waals surface area (Å²) in [5.74, 6) is -0.755. The van der Waals surface area contributed by atoms with Crippen LogP contribution in [0.15, 0.2) is 18.2 Å². The van der Waals surface area contributed by atoms with Crippen molar-refractivity contribution >= 4 is 12.1 Å². The Hall–Kier alpha value is -2.08. The van der Waals surface area contributed by atoms with E-state index in [-0.39, 0.29) is 6.10 Å². The van der Waals surface area contributed by atoms with E-state index in [1.807, 2.05) is 13.0 Å². The van der Waals surface area contributed by atoms with Gasteiger partial charge in [0.2, 0.25) is 0 Å². The molecule has 6 nitrogen and oxygen atoms in total. The maximum Gasteiger partial charge on any atom is 0.543 e. The molecular formula is C13H16O6. The monoisotopic (exact) mass is 268 g/mol. The highest BCUT2D eigenvalue weighted by Gasteiger charge is 2.14. The predicted octanol–water partition coefficient (Wildman–Crippen LogP) is 2.87. The van der Waals surface area contributed by atoms with Crippen molar-refractivity contribution in [2.75, 3.05) is 0 Å². The summed E-state index contributed by atoms with van der Waals surface area (Å²) in [4.78, 5) is 31.0. The first-order chi connectivity index (χ1) is 8.90. The van der Waals surface area contributed by atoms with Crippen LogP contribution in [0, 0.1) is 13.8 Å². The molecular weight excluding hydrogens is 252 g/mol. The average Bonchev–Trinajstić information content (AvgIpc) is 2.27. The number of benzene rings is 1. The van der Waals surface area contributed by atoms with E-state index in [4.69, 9.17) is 0 Å². The molecule has 19 heavy (non-hydrogen) atoms. The third-order valence-corrected chi connectivity index (χ3v) is 2.15. The Morgan fingerprint density at radius 2 is 1.79 bits per heavy atom. The summed E-state index contributed by atoms with van der Waals surface area (Å²) in [6.07, 6.45) is -1.44. The van der Waals surface area contributed by atoms with Crippen LogP contribution in [-0.4, -0.2) is 18.2 Å². The molecule has 0 radical (unpaired) electrons. The number of ether oxygens (including phenoxy) is 1. The maximum absolute atomic E-state index is 11.6. The molecule has 6 heteroatoms. The largest absolute Gasteiger partial charge is 0.543 e. The molecule has 0 unspecified atom stereocenters. The van der Waals surface area contributed by atoms with Gasteiger partial charge < -0.3 is 4.74 Å². The molecule has 0 aliphatic heterocycles. The van der Waals surface area contributed by atoms with Gasteiger partial charge in [-0.3, -0.25) is 4.89 Å². The summed E-state index contributed by atoms with van der Waals surface area (Å²) in [5.41, 5.74) is 2.08. The van der Waals surface area contributed by atoms with Crippen LogP contribution in [0.1, 0.15) is 35.3 Å². The van der Waals surface area contributed by atoms with Crippen molar-refractivity contribution in [1.29, 1.82) is 0 Å². The van der Waals surface area contributed by atoms with E-state index < -0.39 is 12.1 Å². The maximum atomic E-state index is 11.6. The number of aryl methyl sites for hydroxylation is 2. The third kappa shape index (κ3) is 4.97. The Bertz CT molecular complexity index is 466. The lowest BCUT2D eigenvalue weighted by Gasteiger charge is -2.07. The Labute approximate surface area is 111 Å². The first-order valence-corrected chi connectivity index (χ1v) is 5.73. The number of hydrogen-bond donors (Lipinski definition) is 0. The quantitative estimate of drug-likeness (QED) is 0.475. The molecule has 1 aromatic carbocycles. The van der Waals surface area contributed by atoms with E-state index >= 15 is 0 Å². The van der Waals surface area contributed by atoms with Crippen LogP contribution in [0.4, 0.5) is 4.79 Å². The highest BCUT2D eigenvalue weighted by atomic mass is 17.5. The minimum absolute atomic E-state index is 0.325. The van der Waals surface area contributed by atoms with E-state index in [9.17, 15) is 9.59 Å². The Balaban J connectivity index is 2.45. The first-order valence-electron chi connectivity index (χ1n) is 5.73. The molecule has 0 fully saturated rings. The van der Waals surface area contributed by atoms with Crippen LogP contribution in [0.25, 0.3) is 0 Å². The lowest BCUT2D eigenvalue weighted by molar-refractivity contribution is -0.452. The minimum Gasteiger partial charge on any atom is -0.430 e. The number of carbonyl (C=O) groups excluding carboxylic acids is 2. The molecule has 0 amide bonds. The van der Waals surface area contributed by atoms with Crippen molar-refractivity contribution in [3.63, 3.8) is 0 Å². The van der Waals surface area contributed by atoms with E-state index in [2.05, 4.69) is 19.6 Å². The second kappa shape index (κ2) is 6.75. The van der Waals surface area contributed by atoms with Gasteiger partial charge in [-0.15, -0.1) is 0 Å². The standard InChI is InChI=1S/C13H16O6/c1-8(2)16-13(15)18-19-17-12(14)11-6-5-9(3)7-10(11)4/h5-8H,1-4H3. The second-order valence-corrected chi connectivity index (χ2v) is 4.26. The van der Waals surface area contributed by atoms with Crippen LogP contribution in [-0.2, 0) is 19.6 Å². The molecule has 0 aliphatic rings. The summed E-state index contributed by atoms with van der Waals surface area (Å²) in [6, 6.07) is 5.19. The SMILES string of the molecule is Cc1ccc(C(=O)OOOC(=O)OC(C)C)c(C)c1. The molecule has 0 aromatic heterocycles. The number of carbonyl (C=O) groups is 2. The van der Waals surface area contributed by atoms with Crippen molar-refractivity contribution < 1.29 is 29.1 Å². The Morgan fingerprint density at radius 1 is 1.11 bits per heavy atom. The highest BCUT2D eigenvalue weighted by molar-refractivity contribution is 5.90. The number of hydrogen-bond acceptors (Lipinski definition) is 6. The summed E-state index contributed by atoms with van der Waals surface area (Å²) in [6.45, 7) is 6.95. The molecule has 0 spiro atoms. The van der Waals surface area contributed by atoms with Crippen LogP contribution in [0.5, 0.6) is 0 Å². The predicted molar refractivity (Wildman–Crippen MR) is 65.1 cm³/mol. The van der Waals surface area contributed by atoms with Crippen molar-refractivity contribution in [3.8, 4) is 0 Å². The van der Waals surface area contributed by atoms with Gasteiger partial charge in [0, 0.05) is 0 Å². The summed E-state index contributed by atoms with van der Waals surface area (Å²) >= 11 is 0.